The van der Waals surface area contributed by atoms with Crippen LogP contribution in [0, 0.1) is 0 Å². The number of rotatable bonds is 9. The van der Waals surface area contributed by atoms with Gasteiger partial charge in [-0.2, -0.15) is 0 Å². The molecule has 0 fully saturated rings. The van der Waals surface area contributed by atoms with Gasteiger partial charge in [0.1, 0.15) is 0 Å². The lowest BCUT2D eigenvalue weighted by Gasteiger charge is -2.17. The van der Waals surface area contributed by atoms with E-state index >= 15 is 0 Å². The maximum absolute atomic E-state index is 12.5. The van der Waals surface area contributed by atoms with Crippen LogP contribution in [0.2, 0.25) is 0 Å². The lowest BCUT2D eigenvalue weighted by atomic mass is 10.1. The third-order valence-corrected chi connectivity index (χ3v) is 5.93. The highest BCUT2D eigenvalue weighted by molar-refractivity contribution is 9.10. The van der Waals surface area contributed by atoms with Crippen molar-refractivity contribution in [3.8, 4) is 23.0 Å². The van der Waals surface area contributed by atoms with E-state index in [9.17, 15) is 4.79 Å². The second kappa shape index (κ2) is 10.5. The van der Waals surface area contributed by atoms with Crippen molar-refractivity contribution in [3.05, 3.63) is 52.5 Å². The standard InChI is InChI=1S/C21H22BrN3O4S/c1-25(11-10-14-8-9-17(27-2)18(12-14)28-3)19(26)13-30-21-24-23-20(29-21)15-6-4-5-7-16(15)22/h4-9,12H,10-11,13H2,1-3H3. The third-order valence-electron chi connectivity index (χ3n) is 4.44. The van der Waals surface area contributed by atoms with Crippen LogP contribution in [-0.4, -0.2) is 54.6 Å². The Morgan fingerprint density at radius 2 is 1.90 bits per heavy atom. The minimum Gasteiger partial charge on any atom is -0.493 e. The van der Waals surface area contributed by atoms with Crippen LogP contribution in [0.1, 0.15) is 5.56 Å². The Labute approximate surface area is 187 Å². The summed E-state index contributed by atoms with van der Waals surface area (Å²) < 4.78 is 17.1. The van der Waals surface area contributed by atoms with E-state index in [4.69, 9.17) is 13.9 Å². The Kier molecular flexibility index (Phi) is 7.75. The quantitative estimate of drug-likeness (QED) is 0.412. The van der Waals surface area contributed by atoms with Gasteiger partial charge >= 0.3 is 0 Å². The molecular weight excluding hydrogens is 470 g/mol. The van der Waals surface area contributed by atoms with Crippen LogP contribution >= 0.6 is 27.7 Å². The predicted molar refractivity (Wildman–Crippen MR) is 119 cm³/mol. The molecule has 30 heavy (non-hydrogen) atoms. The van der Waals surface area contributed by atoms with Crippen molar-refractivity contribution in [1.29, 1.82) is 0 Å². The van der Waals surface area contributed by atoms with E-state index in [2.05, 4.69) is 26.1 Å². The summed E-state index contributed by atoms with van der Waals surface area (Å²) in [6.45, 7) is 0.584. The molecule has 9 heteroatoms. The van der Waals surface area contributed by atoms with E-state index in [1.165, 1.54) is 11.8 Å². The molecule has 158 valence electrons. The Balaban J connectivity index is 1.51. The number of nitrogens with zero attached hydrogens (tertiary/aromatic N) is 3. The van der Waals surface area contributed by atoms with Crippen LogP contribution in [0.5, 0.6) is 11.5 Å². The number of ether oxygens (including phenoxy) is 2. The Bertz CT molecular complexity index is 1010. The van der Waals surface area contributed by atoms with Crippen LogP contribution < -0.4 is 9.47 Å². The molecule has 3 rings (SSSR count). The van der Waals surface area contributed by atoms with Crippen LogP contribution in [0.25, 0.3) is 11.5 Å². The molecule has 0 aliphatic heterocycles. The average molecular weight is 492 g/mol. The van der Waals surface area contributed by atoms with Gasteiger partial charge in [0.2, 0.25) is 11.8 Å². The molecule has 0 atom stereocenters. The van der Waals surface area contributed by atoms with E-state index in [-0.39, 0.29) is 11.7 Å². The molecule has 1 amide bonds. The summed E-state index contributed by atoms with van der Waals surface area (Å²) in [6, 6.07) is 13.4. The Morgan fingerprint density at radius 1 is 1.13 bits per heavy atom. The highest BCUT2D eigenvalue weighted by atomic mass is 79.9. The topological polar surface area (TPSA) is 77.7 Å². The number of benzene rings is 2. The van der Waals surface area contributed by atoms with Gasteiger partial charge in [0.05, 0.1) is 25.5 Å². The normalized spacial score (nSPS) is 10.7. The van der Waals surface area contributed by atoms with Gasteiger partial charge in [-0.3, -0.25) is 4.79 Å². The van der Waals surface area contributed by atoms with Crippen LogP contribution in [-0.2, 0) is 11.2 Å². The number of aromatic nitrogens is 2. The summed E-state index contributed by atoms with van der Waals surface area (Å²) in [5.41, 5.74) is 1.88. The van der Waals surface area contributed by atoms with Crippen molar-refractivity contribution < 1.29 is 18.7 Å². The summed E-state index contributed by atoms with van der Waals surface area (Å²) in [6.07, 6.45) is 0.708. The van der Waals surface area contributed by atoms with Crippen LogP contribution in [0.3, 0.4) is 0 Å². The fourth-order valence-corrected chi connectivity index (χ4v) is 3.86. The fraction of sp³-hybridized carbons (Fsp3) is 0.286. The predicted octanol–water partition coefficient (Wildman–Crippen LogP) is 4.31. The van der Waals surface area contributed by atoms with Crippen molar-refractivity contribution in [1.82, 2.24) is 15.1 Å². The van der Waals surface area contributed by atoms with Crippen molar-refractivity contribution in [3.63, 3.8) is 0 Å². The molecule has 0 aliphatic carbocycles. The lowest BCUT2D eigenvalue weighted by Crippen LogP contribution is -2.30. The molecule has 7 nitrogen and oxygen atoms in total. The first-order valence-electron chi connectivity index (χ1n) is 9.18. The zero-order valence-electron chi connectivity index (χ0n) is 16.9. The number of halogens is 1. The van der Waals surface area contributed by atoms with Gasteiger partial charge in [-0.1, -0.05) is 30.0 Å². The molecule has 0 saturated carbocycles. The van der Waals surface area contributed by atoms with E-state index in [1.807, 2.05) is 42.5 Å². The number of methoxy groups -OCH3 is 2. The number of amides is 1. The molecule has 1 aromatic heterocycles. The maximum Gasteiger partial charge on any atom is 0.277 e. The summed E-state index contributed by atoms with van der Waals surface area (Å²) in [5.74, 6) is 1.99. The van der Waals surface area contributed by atoms with E-state index in [0.717, 1.165) is 15.6 Å². The number of thioether (sulfide) groups is 1. The zero-order valence-corrected chi connectivity index (χ0v) is 19.3. The van der Waals surface area contributed by atoms with Crippen molar-refractivity contribution in [2.24, 2.45) is 0 Å². The molecule has 0 radical (unpaired) electrons. The first-order chi connectivity index (χ1) is 14.5. The van der Waals surface area contributed by atoms with E-state index in [0.29, 0.717) is 35.6 Å². The number of carbonyl (C=O) groups is 1. The van der Waals surface area contributed by atoms with Gasteiger partial charge in [0.25, 0.3) is 5.22 Å². The lowest BCUT2D eigenvalue weighted by molar-refractivity contribution is -0.127. The summed E-state index contributed by atoms with van der Waals surface area (Å²) >= 11 is 4.69. The number of carbonyl (C=O) groups excluding carboxylic acids is 1. The number of hydrogen-bond donors (Lipinski definition) is 0. The summed E-state index contributed by atoms with van der Waals surface area (Å²) in [7, 11) is 4.99. The molecule has 0 bridgehead atoms. The van der Waals surface area contributed by atoms with Gasteiger partial charge in [-0.05, 0) is 52.2 Å². The summed E-state index contributed by atoms with van der Waals surface area (Å²) in [5, 5.41) is 8.45. The first-order valence-corrected chi connectivity index (χ1v) is 11.0. The minimum absolute atomic E-state index is 0.0129. The Morgan fingerprint density at radius 3 is 2.63 bits per heavy atom. The molecule has 0 spiro atoms. The largest absolute Gasteiger partial charge is 0.493 e. The smallest absolute Gasteiger partial charge is 0.277 e. The molecule has 0 N–H and O–H groups in total. The fourth-order valence-electron chi connectivity index (χ4n) is 2.70. The first kappa shape index (κ1) is 22.2. The van der Waals surface area contributed by atoms with Gasteiger partial charge in [0.15, 0.2) is 11.5 Å². The van der Waals surface area contributed by atoms with Gasteiger partial charge in [-0.15, -0.1) is 10.2 Å². The molecule has 0 unspecified atom stereocenters. The third kappa shape index (κ3) is 5.54. The minimum atomic E-state index is -0.0129. The Hall–Kier alpha value is -2.52. The van der Waals surface area contributed by atoms with Crippen molar-refractivity contribution in [2.75, 3.05) is 33.6 Å². The average Bonchev–Trinajstić information content (AvgIpc) is 3.24. The highest BCUT2D eigenvalue weighted by Crippen LogP contribution is 2.29. The van der Waals surface area contributed by atoms with E-state index < -0.39 is 0 Å². The summed E-state index contributed by atoms with van der Waals surface area (Å²) in [4.78, 5) is 14.1. The maximum atomic E-state index is 12.5. The van der Waals surface area contributed by atoms with Crippen molar-refractivity contribution in [2.45, 2.75) is 11.6 Å². The SMILES string of the molecule is COc1ccc(CCN(C)C(=O)CSc2nnc(-c3ccccc3Br)o2)cc1OC. The van der Waals surface area contributed by atoms with Crippen LogP contribution in [0.15, 0.2) is 56.6 Å². The second-order valence-electron chi connectivity index (χ2n) is 6.40. The highest BCUT2D eigenvalue weighted by Gasteiger charge is 2.15. The molecule has 2 aromatic carbocycles. The van der Waals surface area contributed by atoms with Gasteiger partial charge < -0.3 is 18.8 Å². The van der Waals surface area contributed by atoms with Gasteiger partial charge in [-0.25, -0.2) is 0 Å². The molecule has 1 heterocycles. The molecule has 3 aromatic rings. The monoisotopic (exact) mass is 491 g/mol. The van der Waals surface area contributed by atoms with Gasteiger partial charge in [0, 0.05) is 18.1 Å². The van der Waals surface area contributed by atoms with E-state index in [1.54, 1.807) is 26.2 Å². The molecule has 0 saturated heterocycles. The zero-order chi connectivity index (χ0) is 21.5. The number of likely N-dealkylation sites (N-methyl/N-ethyl adjacent to an activating group) is 1. The number of hydrogen-bond acceptors (Lipinski definition) is 7. The molecular formula is C21H22BrN3O4S. The van der Waals surface area contributed by atoms with Crippen LogP contribution in [0.4, 0.5) is 0 Å². The second-order valence-corrected chi connectivity index (χ2v) is 8.18. The van der Waals surface area contributed by atoms with Crippen molar-refractivity contribution >= 4 is 33.6 Å². The molecule has 0 aliphatic rings.